The van der Waals surface area contributed by atoms with E-state index in [-0.39, 0.29) is 34.6 Å². The average molecular weight is 605 g/mol. The molecule has 0 bridgehead atoms. The van der Waals surface area contributed by atoms with Crippen LogP contribution in [0.4, 0.5) is 0 Å². The van der Waals surface area contributed by atoms with Crippen LogP contribution in [0.1, 0.15) is 34.1 Å². The summed E-state index contributed by atoms with van der Waals surface area (Å²) < 4.78 is 7.00. The minimum atomic E-state index is -2.88. The van der Waals surface area contributed by atoms with Gasteiger partial charge in [0, 0.05) is 18.3 Å². The highest BCUT2D eigenvalue weighted by molar-refractivity contribution is 6.45. The Balaban J connectivity index is 1.96. The van der Waals surface area contributed by atoms with Crippen molar-refractivity contribution in [3.05, 3.63) is 95.3 Å². The lowest BCUT2D eigenvalue weighted by Gasteiger charge is -2.27. The summed E-state index contributed by atoms with van der Waals surface area (Å²) in [5.41, 5.74) is 3.07. The summed E-state index contributed by atoms with van der Waals surface area (Å²) in [6, 6.07) is 19.9. The van der Waals surface area contributed by atoms with Gasteiger partial charge in [0.15, 0.2) is 6.61 Å². The van der Waals surface area contributed by atoms with Crippen molar-refractivity contribution in [2.24, 2.45) is 0 Å². The number of ether oxygens (including phenoxy) is 1. The Kier molecular flexibility index (Phi) is 9.41. The maximum absolute atomic E-state index is 13.9. The van der Waals surface area contributed by atoms with Crippen molar-refractivity contribution in [2.75, 3.05) is 6.61 Å². The Bertz CT molecular complexity index is 1730. The fourth-order valence-electron chi connectivity index (χ4n) is 5.04. The number of carbonyl (C=O) groups is 5. The maximum atomic E-state index is 13.9. The number of Topliss-reactive ketones (excluding diaryl/α,β-unsaturated/α-hetero) is 1. The van der Waals surface area contributed by atoms with Gasteiger partial charge in [0.2, 0.25) is 12.5 Å². The Morgan fingerprint density at radius 1 is 0.841 bits per heavy atom. The van der Waals surface area contributed by atoms with Crippen LogP contribution in [0.25, 0.3) is 16.6 Å². The Labute approximate surface area is 249 Å². The molecule has 0 aliphatic carbocycles. The molecule has 0 aliphatic rings. The second kappa shape index (κ2) is 13.2. The molecular weight excluding hydrogens is 576 g/mol. The minimum absolute atomic E-state index is 0.0364. The zero-order chi connectivity index (χ0) is 32.1. The standard InChI is InChI=1S/C31H28N2O11/c1-2-19-21(15-18-11-6-7-12-20(18)17-9-4-3-5-10-17)32-14-8-13-22(44-16-23(34)35)25(32)24(19)26(36)27(37)33(28(38)30(40)41)29(39)31(42)43/h3-14,28-29,38-39H,2,15-16H2,1H3,(H,34,35)(H,40,41)(H,42,43). The van der Waals surface area contributed by atoms with Crippen LogP contribution in [0.3, 0.4) is 0 Å². The van der Waals surface area contributed by atoms with E-state index in [0.717, 1.165) is 16.7 Å². The number of aliphatic hydroxyl groups excluding tert-OH is 2. The number of benzene rings is 2. The molecule has 2 atom stereocenters. The van der Waals surface area contributed by atoms with E-state index in [9.17, 15) is 49.5 Å². The van der Waals surface area contributed by atoms with Crippen LogP contribution in [-0.2, 0) is 32.0 Å². The van der Waals surface area contributed by atoms with Crippen molar-refractivity contribution in [1.82, 2.24) is 9.30 Å². The molecule has 2 aromatic heterocycles. The van der Waals surface area contributed by atoms with E-state index in [2.05, 4.69) is 0 Å². The zero-order valence-corrected chi connectivity index (χ0v) is 23.3. The number of carboxylic acids is 3. The van der Waals surface area contributed by atoms with Crippen LogP contribution in [-0.4, -0.2) is 83.5 Å². The summed E-state index contributed by atoms with van der Waals surface area (Å²) in [5, 5.41) is 47.9. The van der Waals surface area contributed by atoms with Gasteiger partial charge in [0.1, 0.15) is 5.75 Å². The van der Waals surface area contributed by atoms with Crippen LogP contribution in [0, 0.1) is 0 Å². The maximum Gasteiger partial charge on any atom is 0.354 e. The number of aliphatic carboxylic acids is 3. The highest BCUT2D eigenvalue weighted by Crippen LogP contribution is 2.35. The molecule has 228 valence electrons. The first-order valence-corrected chi connectivity index (χ1v) is 13.3. The van der Waals surface area contributed by atoms with E-state index in [0.29, 0.717) is 11.3 Å². The number of amides is 1. The lowest BCUT2D eigenvalue weighted by molar-refractivity contribution is -0.186. The topological polar surface area (TPSA) is 203 Å². The first kappa shape index (κ1) is 31.4. The van der Waals surface area contributed by atoms with Crippen molar-refractivity contribution >= 4 is 35.1 Å². The molecule has 2 unspecified atom stereocenters. The number of hydrogen-bond acceptors (Lipinski definition) is 8. The smallest absolute Gasteiger partial charge is 0.354 e. The Morgan fingerprint density at radius 3 is 2.05 bits per heavy atom. The predicted molar refractivity (Wildman–Crippen MR) is 153 cm³/mol. The van der Waals surface area contributed by atoms with E-state index in [1.807, 2.05) is 54.6 Å². The Morgan fingerprint density at radius 2 is 1.45 bits per heavy atom. The van der Waals surface area contributed by atoms with Gasteiger partial charge in [0.05, 0.1) is 11.1 Å². The third kappa shape index (κ3) is 6.14. The first-order chi connectivity index (χ1) is 21.0. The van der Waals surface area contributed by atoms with Gasteiger partial charge in [-0.1, -0.05) is 61.5 Å². The number of carboxylic acid groups (broad SMARTS) is 3. The summed E-state index contributed by atoms with van der Waals surface area (Å²) >= 11 is 0. The number of aromatic nitrogens is 1. The molecule has 2 aromatic carbocycles. The molecule has 1 amide bonds. The molecule has 0 saturated heterocycles. The Hall–Kier alpha value is -5.53. The van der Waals surface area contributed by atoms with Crippen molar-refractivity contribution in [3.63, 3.8) is 0 Å². The first-order valence-electron chi connectivity index (χ1n) is 13.3. The normalized spacial score (nSPS) is 12.3. The minimum Gasteiger partial charge on any atom is -0.480 e. The SMILES string of the molecule is CCc1c(C(=O)C(=O)N(C(O)C(=O)O)C(O)C(=O)O)c2c(OCC(=O)O)cccn2c1Cc1ccccc1-c1ccccc1. The number of aliphatic hydroxyl groups is 2. The molecule has 4 rings (SSSR count). The third-order valence-corrected chi connectivity index (χ3v) is 6.92. The lowest BCUT2D eigenvalue weighted by atomic mass is 9.94. The summed E-state index contributed by atoms with van der Waals surface area (Å²) in [6.07, 6.45) is -3.84. The fourth-order valence-corrected chi connectivity index (χ4v) is 5.04. The quantitative estimate of drug-likeness (QED) is 0.0849. The van der Waals surface area contributed by atoms with Gasteiger partial charge in [0.25, 0.3) is 11.7 Å². The third-order valence-electron chi connectivity index (χ3n) is 6.92. The van der Waals surface area contributed by atoms with E-state index in [1.165, 1.54) is 6.07 Å². The van der Waals surface area contributed by atoms with Crippen molar-refractivity contribution < 1.29 is 54.2 Å². The van der Waals surface area contributed by atoms with E-state index < -0.39 is 48.7 Å². The van der Waals surface area contributed by atoms with Crippen LogP contribution < -0.4 is 4.74 Å². The molecular formula is C31H28N2O11. The average Bonchev–Trinajstić information content (AvgIpc) is 3.33. The van der Waals surface area contributed by atoms with Gasteiger partial charge in [-0.3, -0.25) is 14.5 Å². The highest BCUT2D eigenvalue weighted by atomic mass is 16.5. The number of fused-ring (bicyclic) bond motifs is 1. The van der Waals surface area contributed by atoms with Gasteiger partial charge in [-0.15, -0.1) is 0 Å². The van der Waals surface area contributed by atoms with E-state index in [4.69, 9.17) is 4.74 Å². The predicted octanol–water partition coefficient (Wildman–Crippen LogP) is 2.04. The van der Waals surface area contributed by atoms with E-state index in [1.54, 1.807) is 23.6 Å². The van der Waals surface area contributed by atoms with Crippen LogP contribution in [0.2, 0.25) is 0 Å². The zero-order valence-electron chi connectivity index (χ0n) is 23.3. The van der Waals surface area contributed by atoms with Crippen molar-refractivity contribution in [3.8, 4) is 16.9 Å². The van der Waals surface area contributed by atoms with Crippen molar-refractivity contribution in [1.29, 1.82) is 0 Å². The number of hydrogen-bond donors (Lipinski definition) is 5. The summed E-state index contributed by atoms with van der Waals surface area (Å²) in [5.74, 6) is -8.88. The molecule has 0 spiro atoms. The van der Waals surface area contributed by atoms with Crippen molar-refractivity contribution in [2.45, 2.75) is 32.2 Å². The number of carbonyl (C=O) groups excluding carboxylic acids is 2. The molecule has 13 nitrogen and oxygen atoms in total. The number of rotatable bonds is 13. The molecule has 44 heavy (non-hydrogen) atoms. The number of ketones is 1. The van der Waals surface area contributed by atoms with Crippen LogP contribution in [0.15, 0.2) is 72.9 Å². The van der Waals surface area contributed by atoms with Gasteiger partial charge in [-0.05, 0) is 40.8 Å². The summed E-state index contributed by atoms with van der Waals surface area (Å²) in [4.78, 5) is 61.2. The second-order valence-corrected chi connectivity index (χ2v) is 9.59. The fraction of sp³-hybridized carbons (Fsp3) is 0.194. The van der Waals surface area contributed by atoms with Gasteiger partial charge < -0.3 is 34.7 Å². The molecule has 13 heteroatoms. The van der Waals surface area contributed by atoms with Gasteiger partial charge in [-0.2, -0.15) is 0 Å². The number of pyridine rings is 1. The molecule has 0 aliphatic heterocycles. The van der Waals surface area contributed by atoms with Gasteiger partial charge in [-0.25, -0.2) is 14.4 Å². The lowest BCUT2D eigenvalue weighted by Crippen LogP contribution is -2.55. The van der Waals surface area contributed by atoms with Crippen LogP contribution in [0.5, 0.6) is 5.75 Å². The summed E-state index contributed by atoms with van der Waals surface area (Å²) in [6.45, 7) is 0.887. The van der Waals surface area contributed by atoms with Crippen LogP contribution >= 0.6 is 0 Å². The van der Waals surface area contributed by atoms with Gasteiger partial charge >= 0.3 is 17.9 Å². The molecule has 0 saturated carbocycles. The largest absolute Gasteiger partial charge is 0.480 e. The highest BCUT2D eigenvalue weighted by Gasteiger charge is 2.42. The summed E-state index contributed by atoms with van der Waals surface area (Å²) in [7, 11) is 0. The molecule has 0 fully saturated rings. The molecule has 0 radical (unpaired) electrons. The second-order valence-electron chi connectivity index (χ2n) is 9.59. The molecule has 2 heterocycles. The monoisotopic (exact) mass is 604 g/mol. The number of nitrogens with zero attached hydrogens (tertiary/aromatic N) is 2. The molecule has 4 aromatic rings. The van der Waals surface area contributed by atoms with E-state index >= 15 is 0 Å². The molecule has 5 N–H and O–H groups in total.